The van der Waals surface area contributed by atoms with Gasteiger partial charge in [-0.3, -0.25) is 0 Å². The first kappa shape index (κ1) is 15.7. The van der Waals surface area contributed by atoms with E-state index in [4.69, 9.17) is 5.14 Å². The van der Waals surface area contributed by atoms with Crippen LogP contribution in [-0.4, -0.2) is 8.42 Å². The van der Waals surface area contributed by atoms with Gasteiger partial charge in [-0.2, -0.15) is 0 Å². The number of nitrogens with one attached hydrogen (secondary N) is 1. The second-order valence-corrected chi connectivity index (χ2v) is 6.71. The molecule has 0 aromatic heterocycles. The number of aryl methyl sites for hydroxylation is 1. The van der Waals surface area contributed by atoms with Gasteiger partial charge in [-0.25, -0.2) is 13.6 Å². The maximum absolute atomic E-state index is 11.4. The summed E-state index contributed by atoms with van der Waals surface area (Å²) in [6.45, 7) is 4.80. The molecule has 21 heavy (non-hydrogen) atoms. The molecule has 0 aliphatic rings. The van der Waals surface area contributed by atoms with Crippen molar-refractivity contribution in [3.63, 3.8) is 0 Å². The highest BCUT2D eigenvalue weighted by Crippen LogP contribution is 2.17. The SMILES string of the molecule is Cc1ccccc1CNC(C)c1cccc(S(N)(=O)=O)c1. The molecule has 0 aliphatic carbocycles. The summed E-state index contributed by atoms with van der Waals surface area (Å²) >= 11 is 0. The molecule has 0 bridgehead atoms. The number of benzene rings is 2. The number of hydrogen-bond acceptors (Lipinski definition) is 3. The van der Waals surface area contributed by atoms with Crippen LogP contribution in [0.4, 0.5) is 0 Å². The third-order valence-corrected chi connectivity index (χ3v) is 4.46. The van der Waals surface area contributed by atoms with Crippen LogP contribution in [0.3, 0.4) is 0 Å². The summed E-state index contributed by atoms with van der Waals surface area (Å²) in [4.78, 5) is 0.143. The van der Waals surface area contributed by atoms with Crippen LogP contribution < -0.4 is 10.5 Å². The van der Waals surface area contributed by atoms with Crippen LogP contribution in [0.15, 0.2) is 53.4 Å². The molecule has 3 N–H and O–H groups in total. The molecule has 1 atom stereocenters. The van der Waals surface area contributed by atoms with E-state index in [9.17, 15) is 8.42 Å². The van der Waals surface area contributed by atoms with Crippen LogP contribution >= 0.6 is 0 Å². The lowest BCUT2D eigenvalue weighted by Gasteiger charge is -2.16. The second kappa shape index (κ2) is 6.39. The standard InChI is InChI=1S/C16H20N2O2S/c1-12-6-3-4-7-15(12)11-18-13(2)14-8-5-9-16(10-14)21(17,19)20/h3-10,13,18H,11H2,1-2H3,(H2,17,19,20). The van der Waals surface area contributed by atoms with Crippen molar-refractivity contribution in [2.45, 2.75) is 31.3 Å². The van der Waals surface area contributed by atoms with E-state index < -0.39 is 10.0 Å². The van der Waals surface area contributed by atoms with Crippen molar-refractivity contribution in [3.8, 4) is 0 Å². The van der Waals surface area contributed by atoms with Gasteiger partial charge in [0, 0.05) is 12.6 Å². The van der Waals surface area contributed by atoms with E-state index in [1.54, 1.807) is 12.1 Å². The van der Waals surface area contributed by atoms with Crippen molar-refractivity contribution in [3.05, 3.63) is 65.2 Å². The maximum atomic E-state index is 11.4. The van der Waals surface area contributed by atoms with E-state index in [0.29, 0.717) is 0 Å². The molecule has 4 nitrogen and oxygen atoms in total. The molecule has 1 unspecified atom stereocenters. The Hall–Kier alpha value is -1.69. The van der Waals surface area contributed by atoms with Crippen molar-refractivity contribution in [1.82, 2.24) is 5.32 Å². The summed E-state index contributed by atoms with van der Waals surface area (Å²) < 4.78 is 22.8. The van der Waals surface area contributed by atoms with Crippen molar-refractivity contribution in [2.24, 2.45) is 5.14 Å². The Bertz CT molecular complexity index is 727. The van der Waals surface area contributed by atoms with E-state index in [1.165, 1.54) is 17.2 Å². The molecule has 0 radical (unpaired) electrons. The molecule has 2 aromatic carbocycles. The average molecular weight is 304 g/mol. The van der Waals surface area contributed by atoms with Gasteiger partial charge in [0.15, 0.2) is 0 Å². The molecule has 0 heterocycles. The van der Waals surface area contributed by atoms with Gasteiger partial charge in [-0.15, -0.1) is 0 Å². The van der Waals surface area contributed by atoms with Gasteiger partial charge < -0.3 is 5.32 Å². The summed E-state index contributed by atoms with van der Waals surface area (Å²) in [6, 6.07) is 14.9. The predicted octanol–water partition coefficient (Wildman–Crippen LogP) is 2.49. The minimum Gasteiger partial charge on any atom is -0.306 e. The molecule has 5 heteroatoms. The summed E-state index contributed by atoms with van der Waals surface area (Å²) in [5, 5.41) is 8.56. The van der Waals surface area contributed by atoms with Crippen LogP contribution in [-0.2, 0) is 16.6 Å². The van der Waals surface area contributed by atoms with Gasteiger partial charge in [0.25, 0.3) is 0 Å². The summed E-state index contributed by atoms with van der Waals surface area (Å²) in [5.41, 5.74) is 3.36. The van der Waals surface area contributed by atoms with Gasteiger partial charge in [-0.1, -0.05) is 36.4 Å². The highest BCUT2D eigenvalue weighted by atomic mass is 32.2. The van der Waals surface area contributed by atoms with Gasteiger partial charge in [-0.05, 0) is 42.7 Å². The summed E-state index contributed by atoms with van der Waals surface area (Å²) in [7, 11) is -3.66. The number of nitrogens with two attached hydrogens (primary N) is 1. The Morgan fingerprint density at radius 1 is 1.14 bits per heavy atom. The third-order valence-electron chi connectivity index (χ3n) is 3.55. The molecular weight excluding hydrogens is 284 g/mol. The Balaban J connectivity index is 2.11. The second-order valence-electron chi connectivity index (χ2n) is 5.15. The molecule has 0 amide bonds. The van der Waals surface area contributed by atoms with E-state index in [-0.39, 0.29) is 10.9 Å². The Labute approximate surface area is 126 Å². The smallest absolute Gasteiger partial charge is 0.238 e. The Kier molecular flexibility index (Phi) is 4.77. The fourth-order valence-electron chi connectivity index (χ4n) is 2.15. The van der Waals surface area contributed by atoms with Crippen LogP contribution in [0.1, 0.15) is 29.7 Å². The fourth-order valence-corrected chi connectivity index (χ4v) is 2.72. The molecule has 112 valence electrons. The zero-order chi connectivity index (χ0) is 15.5. The normalized spacial score (nSPS) is 13.1. The first-order valence-electron chi connectivity index (χ1n) is 6.78. The van der Waals surface area contributed by atoms with E-state index in [2.05, 4.69) is 24.4 Å². The number of sulfonamides is 1. The third kappa shape index (κ3) is 4.14. The molecule has 2 aromatic rings. The zero-order valence-corrected chi connectivity index (χ0v) is 13.0. The molecule has 0 saturated carbocycles. The number of primary sulfonamides is 1. The topological polar surface area (TPSA) is 72.2 Å². The molecule has 0 saturated heterocycles. The van der Waals surface area contributed by atoms with Crippen molar-refractivity contribution in [1.29, 1.82) is 0 Å². The molecule has 0 fully saturated rings. The van der Waals surface area contributed by atoms with Crippen LogP contribution in [0.25, 0.3) is 0 Å². The zero-order valence-electron chi connectivity index (χ0n) is 12.2. The molecular formula is C16H20N2O2S. The van der Waals surface area contributed by atoms with Crippen LogP contribution in [0, 0.1) is 6.92 Å². The highest BCUT2D eigenvalue weighted by molar-refractivity contribution is 7.89. The average Bonchev–Trinajstić information content (AvgIpc) is 2.45. The maximum Gasteiger partial charge on any atom is 0.238 e. The van der Waals surface area contributed by atoms with E-state index in [0.717, 1.165) is 12.1 Å². The van der Waals surface area contributed by atoms with Crippen molar-refractivity contribution in [2.75, 3.05) is 0 Å². The minimum atomic E-state index is -3.66. The van der Waals surface area contributed by atoms with Gasteiger partial charge in [0.05, 0.1) is 4.90 Å². The van der Waals surface area contributed by atoms with Gasteiger partial charge in [0.2, 0.25) is 10.0 Å². The number of rotatable bonds is 5. The number of hydrogen-bond donors (Lipinski definition) is 2. The quantitative estimate of drug-likeness (QED) is 0.891. The summed E-state index contributed by atoms with van der Waals surface area (Å²) in [6.07, 6.45) is 0. The van der Waals surface area contributed by atoms with Crippen molar-refractivity contribution >= 4 is 10.0 Å². The van der Waals surface area contributed by atoms with E-state index >= 15 is 0 Å². The molecule has 0 spiro atoms. The molecule has 0 aliphatic heterocycles. The van der Waals surface area contributed by atoms with E-state index in [1.807, 2.05) is 25.1 Å². The lowest BCUT2D eigenvalue weighted by atomic mass is 10.1. The highest BCUT2D eigenvalue weighted by Gasteiger charge is 2.11. The van der Waals surface area contributed by atoms with Crippen LogP contribution in [0.5, 0.6) is 0 Å². The van der Waals surface area contributed by atoms with Gasteiger partial charge >= 0.3 is 0 Å². The first-order valence-corrected chi connectivity index (χ1v) is 8.33. The Morgan fingerprint density at radius 3 is 2.52 bits per heavy atom. The monoisotopic (exact) mass is 304 g/mol. The lowest BCUT2D eigenvalue weighted by molar-refractivity contribution is 0.571. The predicted molar refractivity (Wildman–Crippen MR) is 84.2 cm³/mol. The van der Waals surface area contributed by atoms with Crippen LogP contribution in [0.2, 0.25) is 0 Å². The largest absolute Gasteiger partial charge is 0.306 e. The van der Waals surface area contributed by atoms with Crippen molar-refractivity contribution < 1.29 is 8.42 Å². The minimum absolute atomic E-state index is 0.0336. The van der Waals surface area contributed by atoms with Gasteiger partial charge in [0.1, 0.15) is 0 Å². The summed E-state index contributed by atoms with van der Waals surface area (Å²) in [5.74, 6) is 0. The fraction of sp³-hybridized carbons (Fsp3) is 0.250. The lowest BCUT2D eigenvalue weighted by Crippen LogP contribution is -2.19. The Morgan fingerprint density at radius 2 is 1.86 bits per heavy atom. The molecule has 2 rings (SSSR count). The first-order chi connectivity index (χ1) is 9.88.